The Morgan fingerprint density at radius 3 is 2.56 bits per heavy atom. The van der Waals surface area contributed by atoms with Crippen LogP contribution in [0.4, 0.5) is 4.39 Å². The number of nitrogens with zero attached hydrogens (tertiary/aromatic N) is 2. The normalized spacial score (nSPS) is 19.6. The number of hydrogen-bond acceptors (Lipinski definition) is 6. The molecule has 1 aromatic heterocycles. The van der Waals surface area contributed by atoms with Crippen molar-refractivity contribution in [3.63, 3.8) is 0 Å². The summed E-state index contributed by atoms with van der Waals surface area (Å²) in [5.41, 5.74) is 2.99. The topological polar surface area (TPSA) is 91.4 Å². The van der Waals surface area contributed by atoms with Crippen molar-refractivity contribution in [3.8, 4) is 10.4 Å². The molecule has 2 fully saturated rings. The van der Waals surface area contributed by atoms with Gasteiger partial charge in [0.15, 0.2) is 5.67 Å². The van der Waals surface area contributed by atoms with Gasteiger partial charge < -0.3 is 15.5 Å². The van der Waals surface area contributed by atoms with Crippen molar-refractivity contribution in [2.24, 2.45) is 0 Å². The summed E-state index contributed by atoms with van der Waals surface area (Å²) in [4.78, 5) is 46.1. The van der Waals surface area contributed by atoms with Gasteiger partial charge >= 0.3 is 0 Å². The fraction of sp³-hybridized carbons (Fsp3) is 0.538. The van der Waals surface area contributed by atoms with E-state index in [9.17, 15) is 18.8 Å². The van der Waals surface area contributed by atoms with Crippen molar-refractivity contribution in [3.05, 3.63) is 41.0 Å². The van der Waals surface area contributed by atoms with E-state index < -0.39 is 28.4 Å². The van der Waals surface area contributed by atoms with Gasteiger partial charge in [0.1, 0.15) is 12.1 Å². The Hall–Kier alpha value is -2.46. The highest BCUT2D eigenvalue weighted by atomic mass is 32.2. The number of nitrogens with one attached hydrogen (secondary N) is 2. The molecule has 2 N–H and O–H groups in total. The molecule has 1 saturated heterocycles. The summed E-state index contributed by atoms with van der Waals surface area (Å²) in [5, 5.41) is 5.63. The number of aryl methyl sites for hydroxylation is 1. The second kappa shape index (κ2) is 10.5. The van der Waals surface area contributed by atoms with Crippen LogP contribution in [0.25, 0.3) is 10.4 Å². The summed E-state index contributed by atoms with van der Waals surface area (Å²) in [6.45, 7) is 6.45. The average molecular weight is 533 g/mol. The number of thiazole rings is 1. The summed E-state index contributed by atoms with van der Waals surface area (Å²) >= 11 is 3.02. The fourth-order valence-corrected chi connectivity index (χ4v) is 5.58. The first-order valence-corrected chi connectivity index (χ1v) is 14.3. The number of likely N-dealkylation sites (tertiary alicyclic amines) is 1. The fourth-order valence-electron chi connectivity index (χ4n) is 4.38. The maximum Gasteiger partial charge on any atom is 0.258 e. The van der Waals surface area contributed by atoms with Crippen molar-refractivity contribution < 1.29 is 18.8 Å². The monoisotopic (exact) mass is 532 g/mol. The minimum atomic E-state index is -1.87. The highest BCUT2D eigenvalue weighted by Crippen LogP contribution is 2.40. The lowest BCUT2D eigenvalue weighted by Gasteiger charge is -2.36. The van der Waals surface area contributed by atoms with Gasteiger partial charge in [-0.2, -0.15) is 11.8 Å². The molecule has 1 aliphatic carbocycles. The largest absolute Gasteiger partial charge is 0.350 e. The molecule has 7 nitrogen and oxygen atoms in total. The second-order valence-electron chi connectivity index (χ2n) is 10.1. The minimum absolute atomic E-state index is 0.180. The molecule has 1 aromatic carbocycles. The van der Waals surface area contributed by atoms with Crippen molar-refractivity contribution in [2.75, 3.05) is 12.8 Å². The van der Waals surface area contributed by atoms with E-state index in [1.165, 1.54) is 11.8 Å². The molecule has 0 radical (unpaired) electrons. The number of halogens is 1. The van der Waals surface area contributed by atoms with Crippen LogP contribution in [0.5, 0.6) is 0 Å². The van der Waals surface area contributed by atoms with E-state index in [1.807, 2.05) is 56.8 Å². The Labute approximate surface area is 219 Å². The van der Waals surface area contributed by atoms with Crippen LogP contribution in [0, 0.1) is 6.92 Å². The van der Waals surface area contributed by atoms with Gasteiger partial charge in [0.05, 0.1) is 16.1 Å². The van der Waals surface area contributed by atoms with Gasteiger partial charge in [0.25, 0.3) is 5.91 Å². The molecule has 0 spiro atoms. The molecule has 1 aliphatic heterocycles. The van der Waals surface area contributed by atoms with Gasteiger partial charge in [0.2, 0.25) is 11.8 Å². The summed E-state index contributed by atoms with van der Waals surface area (Å²) in [5.74, 6) is -1.30. The maximum absolute atomic E-state index is 14.4. The van der Waals surface area contributed by atoms with Gasteiger partial charge in [-0.25, -0.2) is 9.37 Å². The van der Waals surface area contributed by atoms with Gasteiger partial charge in [-0.15, -0.1) is 11.3 Å². The third-order valence-electron chi connectivity index (χ3n) is 7.11. The molecule has 2 aliphatic rings. The van der Waals surface area contributed by atoms with E-state index in [2.05, 4.69) is 15.6 Å². The first kappa shape index (κ1) is 26.6. The van der Waals surface area contributed by atoms with Gasteiger partial charge in [-0.3, -0.25) is 14.4 Å². The molecule has 4 rings (SSSR count). The molecule has 2 heterocycles. The van der Waals surface area contributed by atoms with Gasteiger partial charge in [-0.1, -0.05) is 24.3 Å². The van der Waals surface area contributed by atoms with E-state index in [0.29, 0.717) is 25.9 Å². The molecule has 3 amide bonds. The maximum atomic E-state index is 14.4. The predicted octanol–water partition coefficient (Wildman–Crippen LogP) is 3.85. The Morgan fingerprint density at radius 2 is 1.97 bits per heavy atom. The summed E-state index contributed by atoms with van der Waals surface area (Å²) < 4.78 is 13.7. The summed E-state index contributed by atoms with van der Waals surface area (Å²) in [6.07, 6.45) is 3.46. The molecule has 0 bridgehead atoms. The third-order valence-corrected chi connectivity index (χ3v) is 9.37. The zero-order valence-corrected chi connectivity index (χ0v) is 22.7. The number of thioether (sulfide) groups is 1. The number of hydrogen-bond donors (Lipinski definition) is 2. The van der Waals surface area contributed by atoms with Crippen LogP contribution < -0.4 is 10.6 Å². The molecular weight excluding hydrogens is 499 g/mol. The standard InChI is InChI=1S/C26H33FN4O3S2/c1-16-20(36-15-29-16)18-9-7-17(8-10-18)14-28-22(32)19-6-5-13-31(19)23(33)21(25(2,3)35-4)30-24(34)26(27)11-12-26/h7-10,15,19,21H,5-6,11-14H2,1-4H3,(H,28,32)(H,30,34)/t19?,21-/m1/s1. The number of carbonyl (C=O) groups is 3. The number of aromatic nitrogens is 1. The minimum Gasteiger partial charge on any atom is -0.350 e. The van der Waals surface area contributed by atoms with Crippen molar-refractivity contribution in [1.29, 1.82) is 0 Å². The number of benzene rings is 1. The summed E-state index contributed by atoms with van der Waals surface area (Å²) in [6, 6.07) is 6.44. The Balaban J connectivity index is 1.40. The molecule has 2 atom stereocenters. The van der Waals surface area contributed by atoms with E-state index in [1.54, 1.807) is 16.2 Å². The molecular formula is C26H33FN4O3S2. The number of carbonyl (C=O) groups excluding carboxylic acids is 3. The van der Waals surface area contributed by atoms with E-state index >= 15 is 0 Å². The van der Waals surface area contributed by atoms with Gasteiger partial charge in [0, 0.05) is 17.8 Å². The van der Waals surface area contributed by atoms with Crippen LogP contribution in [-0.2, 0) is 20.9 Å². The van der Waals surface area contributed by atoms with Crippen molar-refractivity contribution >= 4 is 40.8 Å². The van der Waals surface area contributed by atoms with Gasteiger partial charge in [-0.05, 0) is 63.8 Å². The number of alkyl halides is 1. The summed E-state index contributed by atoms with van der Waals surface area (Å²) in [7, 11) is 0. The van der Waals surface area contributed by atoms with Crippen LogP contribution in [0.3, 0.4) is 0 Å². The average Bonchev–Trinajstić information content (AvgIpc) is 3.23. The molecule has 36 heavy (non-hydrogen) atoms. The predicted molar refractivity (Wildman–Crippen MR) is 141 cm³/mol. The first-order valence-electron chi connectivity index (χ1n) is 12.2. The zero-order chi connectivity index (χ0) is 26.1. The molecule has 1 saturated carbocycles. The number of amides is 3. The quantitative estimate of drug-likeness (QED) is 0.512. The lowest BCUT2D eigenvalue weighted by Crippen LogP contribution is -2.60. The van der Waals surface area contributed by atoms with E-state index in [0.717, 1.165) is 21.7 Å². The van der Waals surface area contributed by atoms with Crippen LogP contribution in [0.1, 0.15) is 50.8 Å². The Morgan fingerprint density at radius 1 is 1.28 bits per heavy atom. The molecule has 194 valence electrons. The Bertz CT molecular complexity index is 1130. The SMILES string of the molecule is CSC(C)(C)[C@H](NC(=O)C1(F)CC1)C(=O)N1CCCC1C(=O)NCc1ccc(-c2scnc2C)cc1. The molecule has 10 heteroatoms. The molecule has 2 aromatic rings. The highest BCUT2D eigenvalue weighted by Gasteiger charge is 2.53. The van der Waals surface area contributed by atoms with Crippen molar-refractivity contribution in [2.45, 2.75) is 75.5 Å². The smallest absolute Gasteiger partial charge is 0.258 e. The Kier molecular flexibility index (Phi) is 7.75. The zero-order valence-electron chi connectivity index (χ0n) is 21.1. The lowest BCUT2D eigenvalue weighted by atomic mass is 10.00. The van der Waals surface area contributed by atoms with Crippen LogP contribution in [0.15, 0.2) is 29.8 Å². The van der Waals surface area contributed by atoms with Crippen LogP contribution in [-0.4, -0.2) is 62.9 Å². The van der Waals surface area contributed by atoms with Crippen molar-refractivity contribution in [1.82, 2.24) is 20.5 Å². The molecule has 1 unspecified atom stereocenters. The lowest BCUT2D eigenvalue weighted by molar-refractivity contribution is -0.142. The number of rotatable bonds is 9. The highest BCUT2D eigenvalue weighted by molar-refractivity contribution is 8.00. The third kappa shape index (κ3) is 5.59. The van der Waals surface area contributed by atoms with Crippen LogP contribution in [0.2, 0.25) is 0 Å². The first-order chi connectivity index (χ1) is 17.1. The van der Waals surface area contributed by atoms with Crippen LogP contribution >= 0.6 is 23.1 Å². The van der Waals surface area contributed by atoms with E-state index in [4.69, 9.17) is 0 Å². The van der Waals surface area contributed by atoms with E-state index in [-0.39, 0.29) is 24.7 Å². The second-order valence-corrected chi connectivity index (χ2v) is 12.4.